The van der Waals surface area contributed by atoms with Gasteiger partial charge in [-0.05, 0) is 25.3 Å². The van der Waals surface area contributed by atoms with Crippen molar-refractivity contribution < 1.29 is 14.7 Å². The van der Waals surface area contributed by atoms with Gasteiger partial charge in [0.05, 0.1) is 0 Å². The second kappa shape index (κ2) is 6.05. The molecule has 0 aliphatic heterocycles. The minimum Gasteiger partial charge on any atom is -0.481 e. The van der Waals surface area contributed by atoms with E-state index >= 15 is 0 Å². The Labute approximate surface area is 95.1 Å². The Morgan fingerprint density at radius 2 is 1.88 bits per heavy atom. The first-order valence-corrected chi connectivity index (χ1v) is 5.38. The van der Waals surface area contributed by atoms with Gasteiger partial charge in [-0.1, -0.05) is 30.3 Å². The molecule has 0 saturated heterocycles. The number of carbonyl (C=O) groups is 2. The van der Waals surface area contributed by atoms with Crippen molar-refractivity contribution in [1.29, 1.82) is 0 Å². The van der Waals surface area contributed by atoms with Gasteiger partial charge in [0.15, 0.2) is 0 Å². The van der Waals surface area contributed by atoms with Crippen molar-refractivity contribution >= 4 is 11.8 Å². The molecule has 0 aliphatic rings. The second-order valence-corrected chi connectivity index (χ2v) is 3.86. The van der Waals surface area contributed by atoms with Crippen LogP contribution in [0.3, 0.4) is 0 Å². The van der Waals surface area contributed by atoms with Crippen LogP contribution < -0.4 is 0 Å². The van der Waals surface area contributed by atoms with Gasteiger partial charge >= 0.3 is 5.97 Å². The molecular weight excluding hydrogens is 204 g/mol. The quantitative estimate of drug-likeness (QED) is 0.801. The summed E-state index contributed by atoms with van der Waals surface area (Å²) in [6.07, 6.45) is 1.26. The molecule has 1 N–H and O–H groups in total. The van der Waals surface area contributed by atoms with Crippen LogP contribution in [0.2, 0.25) is 0 Å². The molecule has 0 radical (unpaired) electrons. The van der Waals surface area contributed by atoms with Crippen LogP contribution in [0.4, 0.5) is 0 Å². The molecule has 86 valence electrons. The van der Waals surface area contributed by atoms with Gasteiger partial charge in [0.2, 0.25) is 0 Å². The van der Waals surface area contributed by atoms with E-state index in [0.717, 1.165) is 5.56 Å². The van der Waals surface area contributed by atoms with Crippen LogP contribution in [0.15, 0.2) is 30.3 Å². The molecule has 1 unspecified atom stereocenters. The summed E-state index contributed by atoms with van der Waals surface area (Å²) in [5.74, 6) is -0.882. The number of aliphatic carboxylic acids is 1. The summed E-state index contributed by atoms with van der Waals surface area (Å²) < 4.78 is 0. The molecule has 1 atom stereocenters. The first-order valence-electron chi connectivity index (χ1n) is 5.38. The van der Waals surface area contributed by atoms with Gasteiger partial charge < -0.3 is 5.11 Å². The van der Waals surface area contributed by atoms with E-state index in [2.05, 4.69) is 0 Å². The Bertz CT molecular complexity index is 357. The maximum Gasteiger partial charge on any atom is 0.303 e. The van der Waals surface area contributed by atoms with E-state index in [0.29, 0.717) is 12.8 Å². The van der Waals surface area contributed by atoms with E-state index in [1.807, 2.05) is 30.3 Å². The summed E-state index contributed by atoms with van der Waals surface area (Å²) >= 11 is 0. The summed E-state index contributed by atoms with van der Waals surface area (Å²) in [7, 11) is 0. The van der Waals surface area contributed by atoms with Crippen LogP contribution in [0.25, 0.3) is 0 Å². The fourth-order valence-electron chi connectivity index (χ4n) is 1.75. The minimum atomic E-state index is -0.810. The Balaban J connectivity index is 2.62. The molecule has 0 bridgehead atoms. The lowest BCUT2D eigenvalue weighted by Crippen LogP contribution is -2.09. The number of Topliss-reactive ketones (excluding diaryl/α,β-unsaturated/α-hetero) is 1. The summed E-state index contributed by atoms with van der Waals surface area (Å²) in [5.41, 5.74) is 0.973. The zero-order valence-electron chi connectivity index (χ0n) is 9.35. The predicted octanol–water partition coefficient (Wildman–Crippen LogP) is 2.61. The Kier molecular flexibility index (Phi) is 4.70. The average molecular weight is 220 g/mol. The largest absolute Gasteiger partial charge is 0.481 e. The number of carboxylic acids is 1. The maximum absolute atomic E-state index is 11.5. The lowest BCUT2D eigenvalue weighted by atomic mass is 9.90. The highest BCUT2D eigenvalue weighted by Crippen LogP contribution is 2.22. The molecule has 16 heavy (non-hydrogen) atoms. The number of carbonyl (C=O) groups excluding carboxylic acids is 1. The third kappa shape index (κ3) is 3.85. The summed E-state index contributed by atoms with van der Waals surface area (Å²) in [5, 5.41) is 8.55. The monoisotopic (exact) mass is 220 g/mol. The van der Waals surface area contributed by atoms with E-state index in [1.54, 1.807) is 6.92 Å². The molecular formula is C13H16O3. The van der Waals surface area contributed by atoms with Crippen LogP contribution in [0.1, 0.15) is 37.7 Å². The summed E-state index contributed by atoms with van der Waals surface area (Å²) in [6, 6.07) is 9.50. The van der Waals surface area contributed by atoms with Crippen molar-refractivity contribution in [2.45, 2.75) is 32.1 Å². The molecule has 3 heteroatoms. The number of rotatable bonds is 6. The van der Waals surface area contributed by atoms with Crippen molar-refractivity contribution in [3.8, 4) is 0 Å². The van der Waals surface area contributed by atoms with Gasteiger partial charge in [0.1, 0.15) is 5.78 Å². The summed E-state index contributed by atoms with van der Waals surface area (Å²) in [6.45, 7) is 1.55. The lowest BCUT2D eigenvalue weighted by molar-refractivity contribution is -0.137. The molecule has 0 fully saturated rings. The van der Waals surface area contributed by atoms with Crippen molar-refractivity contribution in [3.63, 3.8) is 0 Å². The van der Waals surface area contributed by atoms with E-state index in [-0.39, 0.29) is 18.1 Å². The molecule has 0 saturated carbocycles. The van der Waals surface area contributed by atoms with Crippen molar-refractivity contribution in [2.24, 2.45) is 0 Å². The maximum atomic E-state index is 11.5. The third-order valence-electron chi connectivity index (χ3n) is 2.58. The van der Waals surface area contributed by atoms with Gasteiger partial charge in [-0.2, -0.15) is 0 Å². The zero-order valence-corrected chi connectivity index (χ0v) is 9.35. The second-order valence-electron chi connectivity index (χ2n) is 3.86. The van der Waals surface area contributed by atoms with Crippen molar-refractivity contribution in [3.05, 3.63) is 35.9 Å². The van der Waals surface area contributed by atoms with E-state index in [4.69, 9.17) is 5.11 Å². The summed E-state index contributed by atoms with van der Waals surface area (Å²) in [4.78, 5) is 21.9. The third-order valence-corrected chi connectivity index (χ3v) is 2.58. The van der Waals surface area contributed by atoms with Crippen LogP contribution in [0, 0.1) is 0 Å². The molecule has 0 spiro atoms. The van der Waals surface area contributed by atoms with Crippen molar-refractivity contribution in [1.82, 2.24) is 0 Å². The Morgan fingerprint density at radius 1 is 1.25 bits per heavy atom. The first-order chi connectivity index (χ1) is 7.61. The van der Waals surface area contributed by atoms with Gasteiger partial charge in [0.25, 0.3) is 0 Å². The number of ketones is 1. The molecule has 1 aromatic rings. The highest BCUT2D eigenvalue weighted by atomic mass is 16.4. The Hall–Kier alpha value is -1.64. The standard InChI is InChI=1S/C13H16O3/c1-10(14)12(8-5-9-13(15)16)11-6-3-2-4-7-11/h2-4,6-7,12H,5,8-9H2,1H3,(H,15,16). The average Bonchev–Trinajstić information content (AvgIpc) is 2.25. The smallest absolute Gasteiger partial charge is 0.303 e. The van der Waals surface area contributed by atoms with Gasteiger partial charge in [-0.25, -0.2) is 0 Å². The van der Waals surface area contributed by atoms with Gasteiger partial charge in [-0.3, -0.25) is 9.59 Å². The van der Waals surface area contributed by atoms with E-state index < -0.39 is 5.97 Å². The first kappa shape index (κ1) is 12.4. The molecule has 1 aromatic carbocycles. The minimum absolute atomic E-state index is 0.0941. The molecule has 1 rings (SSSR count). The van der Waals surface area contributed by atoms with Gasteiger partial charge in [-0.15, -0.1) is 0 Å². The lowest BCUT2D eigenvalue weighted by Gasteiger charge is -2.13. The predicted molar refractivity (Wildman–Crippen MR) is 61.4 cm³/mol. The van der Waals surface area contributed by atoms with E-state index in [1.165, 1.54) is 0 Å². The number of hydrogen-bond donors (Lipinski definition) is 1. The van der Waals surface area contributed by atoms with E-state index in [9.17, 15) is 9.59 Å². The molecule has 3 nitrogen and oxygen atoms in total. The Morgan fingerprint density at radius 3 is 2.38 bits per heavy atom. The highest BCUT2D eigenvalue weighted by Gasteiger charge is 2.16. The normalized spacial score (nSPS) is 12.1. The van der Waals surface area contributed by atoms with Crippen LogP contribution >= 0.6 is 0 Å². The fraction of sp³-hybridized carbons (Fsp3) is 0.385. The number of hydrogen-bond acceptors (Lipinski definition) is 2. The fourth-order valence-corrected chi connectivity index (χ4v) is 1.75. The molecule has 0 aliphatic carbocycles. The van der Waals surface area contributed by atoms with Gasteiger partial charge in [0, 0.05) is 12.3 Å². The zero-order chi connectivity index (χ0) is 12.0. The number of benzene rings is 1. The van der Waals surface area contributed by atoms with Crippen LogP contribution in [-0.2, 0) is 9.59 Å². The topological polar surface area (TPSA) is 54.4 Å². The molecule has 0 aromatic heterocycles. The van der Waals surface area contributed by atoms with Crippen molar-refractivity contribution in [2.75, 3.05) is 0 Å². The number of carboxylic acid groups (broad SMARTS) is 1. The molecule has 0 heterocycles. The van der Waals surface area contributed by atoms with Crippen LogP contribution in [0.5, 0.6) is 0 Å². The van der Waals surface area contributed by atoms with Crippen LogP contribution in [-0.4, -0.2) is 16.9 Å². The SMILES string of the molecule is CC(=O)C(CCCC(=O)O)c1ccccc1. The highest BCUT2D eigenvalue weighted by molar-refractivity contribution is 5.83. The molecule has 0 amide bonds.